The molecule has 0 spiro atoms. The van der Waals surface area contributed by atoms with Crippen molar-refractivity contribution >= 4 is 29.2 Å². The van der Waals surface area contributed by atoms with Gasteiger partial charge in [-0.15, -0.1) is 0 Å². The van der Waals surface area contributed by atoms with Crippen LogP contribution in [0.1, 0.15) is 106 Å². The molecule has 0 bridgehead atoms. The van der Waals surface area contributed by atoms with E-state index in [1.54, 1.807) is 6.92 Å². The van der Waals surface area contributed by atoms with E-state index in [1.165, 1.54) is 0 Å². The highest BCUT2D eigenvalue weighted by Crippen LogP contribution is 2.42. The molecule has 41 heavy (non-hydrogen) atoms. The Morgan fingerprint density at radius 2 is 1.49 bits per heavy atom. The predicted octanol–water partition coefficient (Wildman–Crippen LogP) is 6.56. The van der Waals surface area contributed by atoms with Gasteiger partial charge in [-0.3, -0.25) is 19.3 Å². The smallest absolute Gasteiger partial charge is 0.228 e. The number of likely N-dealkylation sites (tertiary alicyclic amines) is 2. The topological polar surface area (TPSA) is 60.9 Å². The lowest BCUT2D eigenvalue weighted by atomic mass is 9.74. The summed E-state index contributed by atoms with van der Waals surface area (Å²) in [5, 5.41) is 0.677. The third-order valence-corrected chi connectivity index (χ3v) is 10.1. The van der Waals surface area contributed by atoms with E-state index in [-0.39, 0.29) is 52.5 Å². The number of rotatable bonds is 5. The van der Waals surface area contributed by atoms with Crippen molar-refractivity contribution in [2.24, 2.45) is 16.7 Å². The number of amides is 2. The Balaban J connectivity index is 1.64. The van der Waals surface area contributed by atoms with Crippen LogP contribution < -0.4 is 0 Å². The van der Waals surface area contributed by atoms with Gasteiger partial charge >= 0.3 is 0 Å². The summed E-state index contributed by atoms with van der Waals surface area (Å²) < 4.78 is 0. The molecule has 3 aliphatic rings. The molecule has 1 aromatic rings. The van der Waals surface area contributed by atoms with E-state index in [4.69, 9.17) is 11.6 Å². The number of ketones is 1. The molecule has 7 heteroatoms. The van der Waals surface area contributed by atoms with E-state index in [0.717, 1.165) is 37.8 Å². The molecule has 0 radical (unpaired) electrons. The van der Waals surface area contributed by atoms with E-state index in [0.29, 0.717) is 24.5 Å². The molecule has 228 valence electrons. The summed E-state index contributed by atoms with van der Waals surface area (Å²) in [6.07, 6.45) is 4.59. The third kappa shape index (κ3) is 7.01. The molecule has 2 unspecified atom stereocenters. The summed E-state index contributed by atoms with van der Waals surface area (Å²) in [6, 6.07) is 7.34. The molecule has 2 heterocycles. The molecular formula is C34H52ClN3O3. The van der Waals surface area contributed by atoms with Crippen LogP contribution in [0.5, 0.6) is 0 Å². The van der Waals surface area contributed by atoms with Gasteiger partial charge in [0.1, 0.15) is 0 Å². The molecule has 0 aromatic heterocycles. The van der Waals surface area contributed by atoms with Gasteiger partial charge in [0.15, 0.2) is 5.78 Å². The third-order valence-electron chi connectivity index (χ3n) is 9.89. The average Bonchev–Trinajstić information content (AvgIpc) is 3.50. The van der Waals surface area contributed by atoms with E-state index in [2.05, 4.69) is 44.4 Å². The fraction of sp³-hybridized carbons (Fsp3) is 0.735. The van der Waals surface area contributed by atoms with Gasteiger partial charge < -0.3 is 9.80 Å². The molecule has 4 atom stereocenters. The first-order chi connectivity index (χ1) is 18.9. The van der Waals surface area contributed by atoms with E-state index < -0.39 is 11.5 Å². The van der Waals surface area contributed by atoms with Crippen molar-refractivity contribution in [2.45, 2.75) is 124 Å². The van der Waals surface area contributed by atoms with Crippen molar-refractivity contribution < 1.29 is 14.4 Å². The molecule has 1 aromatic carbocycles. The molecule has 1 saturated carbocycles. The van der Waals surface area contributed by atoms with Crippen LogP contribution in [0.15, 0.2) is 24.3 Å². The van der Waals surface area contributed by atoms with Crippen molar-refractivity contribution in [1.82, 2.24) is 14.7 Å². The van der Waals surface area contributed by atoms with Crippen LogP contribution in [0.2, 0.25) is 5.02 Å². The Bertz CT molecular complexity index is 1120. The average molecular weight is 586 g/mol. The molecular weight excluding hydrogens is 534 g/mol. The fourth-order valence-corrected chi connectivity index (χ4v) is 7.31. The molecule has 3 fully saturated rings. The van der Waals surface area contributed by atoms with Crippen LogP contribution in [0, 0.1) is 16.7 Å². The maximum Gasteiger partial charge on any atom is 0.228 e. The Kier molecular flexibility index (Phi) is 9.08. The zero-order valence-corrected chi connectivity index (χ0v) is 27.6. The largest absolute Gasteiger partial charge is 0.334 e. The standard InChI is InChI=1S/C34H52ClN3O3/c1-22(39)29-18-26(38(31(41)32(2,3)4)25-14-16-34(8,9)17-15-25)19-37(29)30(40)28-21-36(33(5,6)7)20-27(28)23-10-12-24(35)13-11-23/h10-13,25-29H,14-21H2,1-9H3/t26-,27?,28?,29+/m0/s1. The van der Waals surface area contributed by atoms with Gasteiger partial charge in [0.05, 0.1) is 18.0 Å². The zero-order valence-electron chi connectivity index (χ0n) is 26.8. The first kappa shape index (κ1) is 32.0. The second-order valence-electron chi connectivity index (χ2n) is 15.7. The number of carbonyl (C=O) groups excluding carboxylic acids is 3. The minimum absolute atomic E-state index is 0.00232. The quantitative estimate of drug-likeness (QED) is 0.393. The number of halogens is 1. The molecule has 4 rings (SSSR count). The predicted molar refractivity (Wildman–Crippen MR) is 166 cm³/mol. The summed E-state index contributed by atoms with van der Waals surface area (Å²) >= 11 is 6.20. The lowest BCUT2D eigenvalue weighted by molar-refractivity contribution is -0.147. The normalized spacial score (nSPS) is 27.7. The van der Waals surface area contributed by atoms with Gasteiger partial charge in [-0.05, 0) is 82.9 Å². The number of hydrogen-bond donors (Lipinski definition) is 0. The van der Waals surface area contributed by atoms with Crippen molar-refractivity contribution in [1.29, 1.82) is 0 Å². The summed E-state index contributed by atoms with van der Waals surface area (Å²) in [5.41, 5.74) is 0.765. The Labute approximate surface area is 253 Å². The number of hydrogen-bond acceptors (Lipinski definition) is 4. The highest BCUT2D eigenvalue weighted by molar-refractivity contribution is 6.30. The van der Waals surface area contributed by atoms with E-state index >= 15 is 0 Å². The SMILES string of the molecule is CC(=O)[C@H]1C[C@H](N(C(=O)C(C)(C)C)C2CCC(C)(C)CC2)CN1C(=O)C1CN(C(C)(C)C)CC1c1ccc(Cl)cc1. The number of benzene rings is 1. The Morgan fingerprint density at radius 3 is 2.00 bits per heavy atom. The van der Waals surface area contributed by atoms with Crippen LogP contribution in [0.4, 0.5) is 0 Å². The summed E-state index contributed by atoms with van der Waals surface area (Å²) in [5.74, 6) is -0.0887. The van der Waals surface area contributed by atoms with Crippen LogP contribution in [-0.4, -0.2) is 75.6 Å². The second kappa shape index (κ2) is 11.6. The van der Waals surface area contributed by atoms with Crippen molar-refractivity contribution in [3.05, 3.63) is 34.9 Å². The Morgan fingerprint density at radius 1 is 0.902 bits per heavy atom. The van der Waals surface area contributed by atoms with Gasteiger partial charge in [-0.25, -0.2) is 0 Å². The maximum atomic E-state index is 14.5. The molecule has 0 N–H and O–H groups in total. The molecule has 2 amide bonds. The van der Waals surface area contributed by atoms with Gasteiger partial charge in [-0.1, -0.05) is 58.4 Å². The van der Waals surface area contributed by atoms with Crippen molar-refractivity contribution in [2.75, 3.05) is 19.6 Å². The Hall–Kier alpha value is -1.92. The molecule has 2 aliphatic heterocycles. The maximum absolute atomic E-state index is 14.5. The van der Waals surface area contributed by atoms with Gasteiger partial charge in [-0.2, -0.15) is 0 Å². The monoisotopic (exact) mass is 585 g/mol. The van der Waals surface area contributed by atoms with Crippen LogP contribution in [0.25, 0.3) is 0 Å². The van der Waals surface area contributed by atoms with E-state index in [9.17, 15) is 14.4 Å². The van der Waals surface area contributed by atoms with Gasteiger partial charge in [0, 0.05) is 47.6 Å². The summed E-state index contributed by atoms with van der Waals surface area (Å²) in [7, 11) is 0. The van der Waals surface area contributed by atoms with Crippen LogP contribution in [0.3, 0.4) is 0 Å². The minimum atomic E-state index is -0.533. The minimum Gasteiger partial charge on any atom is -0.334 e. The van der Waals surface area contributed by atoms with Crippen LogP contribution in [-0.2, 0) is 14.4 Å². The van der Waals surface area contributed by atoms with Crippen molar-refractivity contribution in [3.8, 4) is 0 Å². The number of nitrogens with zero attached hydrogens (tertiary/aromatic N) is 3. The molecule has 6 nitrogen and oxygen atoms in total. The fourth-order valence-electron chi connectivity index (χ4n) is 7.19. The first-order valence-corrected chi connectivity index (χ1v) is 15.9. The molecule has 1 aliphatic carbocycles. The lowest BCUT2D eigenvalue weighted by Crippen LogP contribution is -2.54. The lowest BCUT2D eigenvalue weighted by Gasteiger charge is -2.45. The summed E-state index contributed by atoms with van der Waals surface area (Å²) in [6.45, 7) is 20.5. The number of carbonyl (C=O) groups is 3. The molecule has 2 saturated heterocycles. The van der Waals surface area contributed by atoms with Gasteiger partial charge in [0.25, 0.3) is 0 Å². The second-order valence-corrected chi connectivity index (χ2v) is 16.1. The van der Waals surface area contributed by atoms with E-state index in [1.807, 2.05) is 49.9 Å². The first-order valence-electron chi connectivity index (χ1n) is 15.5. The van der Waals surface area contributed by atoms with Crippen LogP contribution >= 0.6 is 11.6 Å². The van der Waals surface area contributed by atoms with Gasteiger partial charge in [0.2, 0.25) is 11.8 Å². The van der Waals surface area contributed by atoms with Crippen molar-refractivity contribution in [3.63, 3.8) is 0 Å². The highest BCUT2D eigenvalue weighted by Gasteiger charge is 2.50. The number of Topliss-reactive ketones (excluding diaryl/α,β-unsaturated/α-hetero) is 1. The highest BCUT2D eigenvalue weighted by atomic mass is 35.5. The zero-order chi connectivity index (χ0) is 30.5. The summed E-state index contributed by atoms with van der Waals surface area (Å²) in [4.78, 5) is 47.8.